The van der Waals surface area contributed by atoms with Crippen LogP contribution in [-0.2, 0) is 18.3 Å². The summed E-state index contributed by atoms with van der Waals surface area (Å²) in [5.41, 5.74) is 3.40. The largest absolute Gasteiger partial charge is 0.493 e. The van der Waals surface area contributed by atoms with Crippen molar-refractivity contribution >= 4 is 17.5 Å². The number of hydrogen-bond donors (Lipinski definition) is 1. The summed E-state index contributed by atoms with van der Waals surface area (Å²) in [6.45, 7) is 2.47. The lowest BCUT2D eigenvalue weighted by Crippen LogP contribution is -2.31. The van der Waals surface area contributed by atoms with E-state index in [-0.39, 0.29) is 11.9 Å². The molecule has 1 unspecified atom stereocenters. The van der Waals surface area contributed by atoms with E-state index in [1.807, 2.05) is 43.0 Å². The van der Waals surface area contributed by atoms with Gasteiger partial charge in [-0.25, -0.2) is 0 Å². The minimum absolute atomic E-state index is 0.0677. The minimum Gasteiger partial charge on any atom is -0.493 e. The van der Waals surface area contributed by atoms with E-state index in [1.54, 1.807) is 0 Å². The van der Waals surface area contributed by atoms with Crippen molar-refractivity contribution in [1.29, 1.82) is 0 Å². The van der Waals surface area contributed by atoms with Crippen LogP contribution in [0.4, 0.5) is 0 Å². The summed E-state index contributed by atoms with van der Waals surface area (Å²) in [6, 6.07) is 5.64. The lowest BCUT2D eigenvalue weighted by atomic mass is 9.93. The highest BCUT2D eigenvalue weighted by Crippen LogP contribution is 2.29. The van der Waals surface area contributed by atoms with Crippen molar-refractivity contribution in [2.75, 3.05) is 6.61 Å². The number of aromatic nitrogens is 2. The highest BCUT2D eigenvalue weighted by atomic mass is 35.5. The van der Waals surface area contributed by atoms with Crippen LogP contribution >= 0.6 is 11.6 Å². The Balaban J connectivity index is 1.44. The van der Waals surface area contributed by atoms with Crippen LogP contribution in [0.25, 0.3) is 0 Å². The molecular weight excluding hydrogens is 338 g/mol. The van der Waals surface area contributed by atoms with Crippen molar-refractivity contribution in [3.8, 4) is 5.75 Å². The molecule has 2 aromatic rings. The summed E-state index contributed by atoms with van der Waals surface area (Å²) in [7, 11) is 1.96. The molecule has 1 aliphatic rings. The van der Waals surface area contributed by atoms with Crippen molar-refractivity contribution in [1.82, 2.24) is 15.1 Å². The predicted octanol–water partition coefficient (Wildman–Crippen LogP) is 3.73. The third kappa shape index (κ3) is 4.34. The maximum Gasteiger partial charge on any atom is 0.220 e. The quantitative estimate of drug-likeness (QED) is 0.797. The van der Waals surface area contributed by atoms with E-state index in [0.717, 1.165) is 36.1 Å². The Labute approximate surface area is 153 Å². The number of hydrogen-bond acceptors (Lipinski definition) is 3. The lowest BCUT2D eigenvalue weighted by molar-refractivity contribution is -0.122. The van der Waals surface area contributed by atoms with Gasteiger partial charge in [0.15, 0.2) is 0 Å². The van der Waals surface area contributed by atoms with E-state index >= 15 is 0 Å². The Bertz CT molecular complexity index is 757. The fourth-order valence-electron chi connectivity index (χ4n) is 3.31. The Hall–Kier alpha value is -2.01. The first-order chi connectivity index (χ1) is 12.0. The molecular formula is C19H24ClN3O2. The molecule has 134 valence electrons. The summed E-state index contributed by atoms with van der Waals surface area (Å²) < 4.78 is 7.65. The van der Waals surface area contributed by atoms with Crippen LogP contribution in [0.15, 0.2) is 24.4 Å². The molecule has 25 heavy (non-hydrogen) atoms. The van der Waals surface area contributed by atoms with Crippen molar-refractivity contribution in [2.24, 2.45) is 7.05 Å². The van der Waals surface area contributed by atoms with Gasteiger partial charge in [0.05, 0.1) is 18.8 Å². The number of carbonyl (C=O) groups excluding carboxylic acids is 1. The van der Waals surface area contributed by atoms with Gasteiger partial charge in [0.2, 0.25) is 5.91 Å². The summed E-state index contributed by atoms with van der Waals surface area (Å²) in [6.07, 6.45) is 6.11. The maximum absolute atomic E-state index is 12.2. The van der Waals surface area contributed by atoms with Gasteiger partial charge >= 0.3 is 0 Å². The summed E-state index contributed by atoms with van der Waals surface area (Å²) in [5, 5.41) is 8.16. The molecule has 0 radical (unpaired) electrons. The molecule has 0 fully saturated rings. The number of carbonyl (C=O) groups is 1. The van der Waals surface area contributed by atoms with Crippen LogP contribution in [0.1, 0.15) is 48.5 Å². The molecule has 0 saturated heterocycles. The van der Waals surface area contributed by atoms with Gasteiger partial charge in [-0.05, 0) is 56.4 Å². The average Bonchev–Trinajstić information content (AvgIpc) is 2.96. The second kappa shape index (κ2) is 7.91. The summed E-state index contributed by atoms with van der Waals surface area (Å²) in [5.74, 6) is 0.884. The summed E-state index contributed by atoms with van der Waals surface area (Å²) in [4.78, 5) is 12.2. The molecule has 1 amide bonds. The van der Waals surface area contributed by atoms with Gasteiger partial charge in [0, 0.05) is 29.7 Å². The molecule has 1 aromatic carbocycles. The van der Waals surface area contributed by atoms with Gasteiger partial charge in [0.1, 0.15) is 5.75 Å². The number of fused-ring (bicyclic) bond motifs is 1. The Morgan fingerprint density at radius 2 is 2.32 bits per heavy atom. The van der Waals surface area contributed by atoms with Gasteiger partial charge in [-0.2, -0.15) is 5.10 Å². The summed E-state index contributed by atoms with van der Waals surface area (Å²) >= 11 is 5.94. The fraction of sp³-hybridized carbons (Fsp3) is 0.474. The van der Waals surface area contributed by atoms with Crippen LogP contribution in [-0.4, -0.2) is 22.3 Å². The number of ether oxygens (including phenoxy) is 1. The van der Waals surface area contributed by atoms with Crippen LogP contribution in [0.5, 0.6) is 5.75 Å². The number of nitrogens with zero attached hydrogens (tertiary/aromatic N) is 2. The number of rotatable bonds is 6. The van der Waals surface area contributed by atoms with Gasteiger partial charge in [-0.15, -0.1) is 0 Å². The molecule has 0 spiro atoms. The minimum atomic E-state index is 0.0677. The first kappa shape index (κ1) is 17.8. The van der Waals surface area contributed by atoms with Crippen molar-refractivity contribution in [3.05, 3.63) is 46.2 Å². The molecule has 0 saturated carbocycles. The van der Waals surface area contributed by atoms with E-state index in [4.69, 9.17) is 16.3 Å². The zero-order valence-electron chi connectivity index (χ0n) is 14.7. The van der Waals surface area contributed by atoms with Crippen molar-refractivity contribution in [3.63, 3.8) is 0 Å². The Morgan fingerprint density at radius 3 is 3.12 bits per heavy atom. The van der Waals surface area contributed by atoms with E-state index in [0.29, 0.717) is 24.5 Å². The Morgan fingerprint density at radius 1 is 1.48 bits per heavy atom. The first-order valence-electron chi connectivity index (χ1n) is 8.73. The second-order valence-electron chi connectivity index (χ2n) is 6.54. The molecule has 1 N–H and O–H groups in total. The number of amides is 1. The van der Waals surface area contributed by atoms with Gasteiger partial charge in [0.25, 0.3) is 0 Å². The van der Waals surface area contributed by atoms with E-state index in [9.17, 15) is 4.79 Å². The second-order valence-corrected chi connectivity index (χ2v) is 6.98. The molecule has 1 atom stereocenters. The number of benzene rings is 1. The third-order valence-electron chi connectivity index (χ3n) is 4.65. The van der Waals surface area contributed by atoms with Gasteiger partial charge < -0.3 is 10.1 Å². The fourth-order valence-corrected chi connectivity index (χ4v) is 3.54. The number of nitrogens with one attached hydrogen (secondary N) is 1. The highest BCUT2D eigenvalue weighted by molar-refractivity contribution is 6.30. The van der Waals surface area contributed by atoms with Gasteiger partial charge in [-0.1, -0.05) is 11.6 Å². The molecule has 1 aromatic heterocycles. The van der Waals surface area contributed by atoms with Gasteiger partial charge in [-0.3, -0.25) is 9.48 Å². The monoisotopic (exact) mass is 361 g/mol. The molecule has 3 rings (SSSR count). The molecule has 0 bridgehead atoms. The maximum atomic E-state index is 12.2. The molecule has 6 heteroatoms. The van der Waals surface area contributed by atoms with Crippen LogP contribution in [0.3, 0.4) is 0 Å². The SMILES string of the molecule is Cc1cc(Cl)ccc1OCCCC(=O)NC1CCCc2c1cnn2C. The third-order valence-corrected chi connectivity index (χ3v) is 4.89. The Kier molecular flexibility index (Phi) is 5.63. The molecule has 0 aliphatic heterocycles. The van der Waals surface area contributed by atoms with E-state index in [1.165, 1.54) is 5.69 Å². The predicted molar refractivity (Wildman–Crippen MR) is 97.9 cm³/mol. The normalized spacial score (nSPS) is 16.4. The van der Waals surface area contributed by atoms with Crippen molar-refractivity contribution in [2.45, 2.75) is 45.1 Å². The van der Waals surface area contributed by atoms with E-state index < -0.39 is 0 Å². The topological polar surface area (TPSA) is 56.1 Å². The molecule has 1 heterocycles. The number of aryl methyl sites for hydroxylation is 2. The first-order valence-corrected chi connectivity index (χ1v) is 9.11. The van der Waals surface area contributed by atoms with E-state index in [2.05, 4.69) is 10.4 Å². The lowest BCUT2D eigenvalue weighted by Gasteiger charge is -2.23. The molecule has 5 nitrogen and oxygen atoms in total. The highest BCUT2D eigenvalue weighted by Gasteiger charge is 2.24. The smallest absolute Gasteiger partial charge is 0.220 e. The van der Waals surface area contributed by atoms with Crippen molar-refractivity contribution < 1.29 is 9.53 Å². The number of halogens is 1. The standard InChI is InChI=1S/C19H24ClN3O2/c1-13-11-14(20)8-9-18(13)25-10-4-7-19(24)22-16-5-3-6-17-15(16)12-21-23(17)2/h8-9,11-12,16H,3-7,10H2,1-2H3,(H,22,24). The molecule has 1 aliphatic carbocycles. The zero-order valence-corrected chi connectivity index (χ0v) is 15.5. The zero-order chi connectivity index (χ0) is 17.8. The van der Waals surface area contributed by atoms with Crippen LogP contribution in [0, 0.1) is 6.92 Å². The van der Waals surface area contributed by atoms with Crippen LogP contribution in [0.2, 0.25) is 5.02 Å². The van der Waals surface area contributed by atoms with Crippen LogP contribution < -0.4 is 10.1 Å². The average molecular weight is 362 g/mol.